The lowest BCUT2D eigenvalue weighted by Gasteiger charge is -2.14. The van der Waals surface area contributed by atoms with Crippen LogP contribution < -0.4 is 10.1 Å². The van der Waals surface area contributed by atoms with Gasteiger partial charge in [-0.3, -0.25) is 5.32 Å². The Balaban J connectivity index is 1.46. The Kier molecular flexibility index (Phi) is 9.15. The second-order valence-electron chi connectivity index (χ2n) is 10.1. The lowest BCUT2D eigenvalue weighted by molar-refractivity contribution is 0.0697. The molecule has 2 aromatic heterocycles. The summed E-state index contributed by atoms with van der Waals surface area (Å²) in [6, 6.07) is 20.5. The normalized spacial score (nSPS) is 11.0. The van der Waals surface area contributed by atoms with E-state index in [9.17, 15) is 19.1 Å². The molecule has 0 aliphatic heterocycles. The largest absolute Gasteiger partial charge is 0.478 e. The Morgan fingerprint density at radius 2 is 1.80 bits per heavy atom. The van der Waals surface area contributed by atoms with Gasteiger partial charge in [-0.25, -0.2) is 23.9 Å². The van der Waals surface area contributed by atoms with Crippen LogP contribution in [0.3, 0.4) is 0 Å². The smallest absolute Gasteiger partial charge is 0.411 e. The van der Waals surface area contributed by atoms with E-state index < -0.39 is 12.1 Å². The molecule has 0 spiro atoms. The lowest BCUT2D eigenvalue weighted by atomic mass is 10.0. The first kappa shape index (κ1) is 30.2. The van der Waals surface area contributed by atoms with Gasteiger partial charge in [-0.05, 0) is 54.4 Å². The predicted molar refractivity (Wildman–Crippen MR) is 163 cm³/mol. The minimum Gasteiger partial charge on any atom is -0.478 e. The third kappa shape index (κ3) is 6.84. The molecule has 0 fully saturated rings. The summed E-state index contributed by atoms with van der Waals surface area (Å²) in [4.78, 5) is 33.3. The van der Waals surface area contributed by atoms with Gasteiger partial charge in [-0.1, -0.05) is 30.3 Å². The zero-order valence-electron chi connectivity index (χ0n) is 24.5. The second-order valence-corrected chi connectivity index (χ2v) is 10.1. The van der Waals surface area contributed by atoms with E-state index in [-0.39, 0.29) is 18.0 Å². The van der Waals surface area contributed by atoms with E-state index in [0.717, 1.165) is 11.1 Å². The number of carboxylic acid groups (broad SMARTS) is 1. The van der Waals surface area contributed by atoms with Crippen molar-refractivity contribution in [2.75, 3.05) is 26.1 Å². The number of nitrogens with one attached hydrogen (secondary N) is 1. The maximum atomic E-state index is 14.3. The summed E-state index contributed by atoms with van der Waals surface area (Å²) in [5, 5.41) is 12.3. The third-order valence-corrected chi connectivity index (χ3v) is 7.08. The van der Waals surface area contributed by atoms with Gasteiger partial charge < -0.3 is 23.9 Å². The molecule has 11 heteroatoms. The molecule has 0 unspecified atom stereocenters. The van der Waals surface area contributed by atoms with Crippen LogP contribution in [0.15, 0.2) is 72.8 Å². The number of nitrogens with zero attached hydrogens (tertiary/aromatic N) is 3. The van der Waals surface area contributed by atoms with Crippen molar-refractivity contribution < 1.29 is 33.3 Å². The number of fused-ring (bicyclic) bond motifs is 1. The number of aromatic carboxylic acids is 1. The van der Waals surface area contributed by atoms with E-state index in [1.165, 1.54) is 19.2 Å². The van der Waals surface area contributed by atoms with Gasteiger partial charge in [0.15, 0.2) is 0 Å². The Bertz CT molecular complexity index is 1840. The second kappa shape index (κ2) is 13.3. The van der Waals surface area contributed by atoms with Crippen molar-refractivity contribution in [1.82, 2.24) is 14.5 Å². The number of hydrogen-bond donors (Lipinski definition) is 2. The maximum absolute atomic E-state index is 14.3. The lowest BCUT2D eigenvalue weighted by Crippen LogP contribution is -2.14. The van der Waals surface area contributed by atoms with Crippen LogP contribution in [-0.2, 0) is 29.0 Å². The average Bonchev–Trinajstić information content (AvgIpc) is 3.36. The standard InChI is InChI=1S/C33H31FN4O6/c1-20-7-8-24(25(34)15-20)19-44-31-6-4-5-26(36-31)21-9-10-22(28(16-21)37-33(41)43-3)18-30-35-27-12-11-23(32(39)40)17-29(27)38(30)13-14-42-2/h4-12,15-17H,13-14,18-19H2,1-3H3,(H,37,41)(H,39,40). The van der Waals surface area contributed by atoms with E-state index in [1.54, 1.807) is 49.6 Å². The van der Waals surface area contributed by atoms with Crippen molar-refractivity contribution in [2.45, 2.75) is 26.5 Å². The molecular formula is C33H31FN4O6. The monoisotopic (exact) mass is 598 g/mol. The number of anilines is 1. The molecule has 0 aliphatic rings. The van der Waals surface area contributed by atoms with E-state index in [0.29, 0.717) is 64.8 Å². The van der Waals surface area contributed by atoms with Gasteiger partial charge in [0, 0.05) is 43.0 Å². The summed E-state index contributed by atoms with van der Waals surface area (Å²) in [6.07, 6.45) is -0.327. The summed E-state index contributed by atoms with van der Waals surface area (Å²) >= 11 is 0. The highest BCUT2D eigenvalue weighted by atomic mass is 19.1. The molecule has 0 saturated heterocycles. The van der Waals surface area contributed by atoms with Crippen LogP contribution in [0.4, 0.5) is 14.9 Å². The highest BCUT2D eigenvalue weighted by molar-refractivity contribution is 5.92. The fourth-order valence-electron chi connectivity index (χ4n) is 4.79. The number of hydrogen-bond acceptors (Lipinski definition) is 7. The number of halogens is 1. The van der Waals surface area contributed by atoms with Gasteiger partial charge in [-0.2, -0.15) is 0 Å². The molecule has 3 aromatic carbocycles. The van der Waals surface area contributed by atoms with Gasteiger partial charge in [0.1, 0.15) is 18.2 Å². The number of rotatable bonds is 11. The molecule has 5 rings (SSSR count). The number of methoxy groups -OCH3 is 2. The van der Waals surface area contributed by atoms with Crippen molar-refractivity contribution in [3.63, 3.8) is 0 Å². The number of carbonyl (C=O) groups is 2. The van der Waals surface area contributed by atoms with Crippen LogP contribution >= 0.6 is 0 Å². The highest BCUT2D eigenvalue weighted by Crippen LogP contribution is 2.29. The van der Waals surface area contributed by atoms with Gasteiger partial charge in [0.25, 0.3) is 0 Å². The minimum atomic E-state index is -1.03. The van der Waals surface area contributed by atoms with Crippen LogP contribution in [0.2, 0.25) is 0 Å². The van der Waals surface area contributed by atoms with Gasteiger partial charge >= 0.3 is 12.1 Å². The molecular weight excluding hydrogens is 567 g/mol. The number of imidazole rings is 1. The number of carboxylic acids is 1. The topological polar surface area (TPSA) is 125 Å². The molecule has 2 heterocycles. The van der Waals surface area contributed by atoms with Gasteiger partial charge in [0.2, 0.25) is 5.88 Å². The molecule has 44 heavy (non-hydrogen) atoms. The number of aromatic nitrogens is 3. The molecule has 0 saturated carbocycles. The van der Waals surface area contributed by atoms with Crippen LogP contribution in [-0.4, -0.2) is 52.5 Å². The van der Waals surface area contributed by atoms with E-state index in [2.05, 4.69) is 10.3 Å². The Morgan fingerprint density at radius 3 is 2.55 bits per heavy atom. The minimum absolute atomic E-state index is 0.0225. The van der Waals surface area contributed by atoms with Crippen LogP contribution in [0.25, 0.3) is 22.3 Å². The summed E-state index contributed by atoms with van der Waals surface area (Å²) in [5.41, 5.74) is 5.23. The Morgan fingerprint density at radius 1 is 0.977 bits per heavy atom. The molecule has 0 bridgehead atoms. The Labute approximate surface area is 253 Å². The number of aryl methyl sites for hydroxylation is 1. The summed E-state index contributed by atoms with van der Waals surface area (Å²) in [5.74, 6) is -0.384. The molecule has 5 aromatic rings. The quantitative estimate of drug-likeness (QED) is 0.183. The fraction of sp³-hybridized carbons (Fsp3) is 0.212. The molecule has 0 atom stereocenters. The first-order valence-electron chi connectivity index (χ1n) is 13.8. The molecule has 226 valence electrons. The predicted octanol–water partition coefficient (Wildman–Crippen LogP) is 6.24. The van der Waals surface area contributed by atoms with E-state index in [1.807, 2.05) is 29.7 Å². The molecule has 0 radical (unpaired) electrons. The van der Waals surface area contributed by atoms with Crippen molar-refractivity contribution in [3.05, 3.63) is 107 Å². The van der Waals surface area contributed by atoms with E-state index >= 15 is 0 Å². The SMILES string of the molecule is COCCn1c(Cc2ccc(-c3cccc(OCc4ccc(C)cc4F)n3)cc2NC(=O)OC)nc2ccc(C(=O)O)cc21. The summed E-state index contributed by atoms with van der Waals surface area (Å²) in [6.45, 7) is 2.69. The third-order valence-electron chi connectivity index (χ3n) is 7.08. The Hall–Kier alpha value is -5.29. The van der Waals surface area contributed by atoms with Crippen molar-refractivity contribution in [1.29, 1.82) is 0 Å². The first-order valence-corrected chi connectivity index (χ1v) is 13.8. The zero-order chi connectivity index (χ0) is 31.2. The summed E-state index contributed by atoms with van der Waals surface area (Å²) in [7, 11) is 2.87. The number of ether oxygens (including phenoxy) is 3. The number of pyridine rings is 1. The van der Waals surface area contributed by atoms with Crippen LogP contribution in [0, 0.1) is 12.7 Å². The fourth-order valence-corrected chi connectivity index (χ4v) is 4.79. The number of carbonyl (C=O) groups excluding carboxylic acids is 1. The zero-order valence-corrected chi connectivity index (χ0v) is 24.5. The highest BCUT2D eigenvalue weighted by Gasteiger charge is 2.17. The average molecular weight is 599 g/mol. The molecule has 2 N–H and O–H groups in total. The number of benzene rings is 3. The number of amides is 1. The first-order chi connectivity index (χ1) is 21.2. The van der Waals surface area contributed by atoms with E-state index in [4.69, 9.17) is 19.2 Å². The van der Waals surface area contributed by atoms with Gasteiger partial charge in [-0.15, -0.1) is 0 Å². The van der Waals surface area contributed by atoms with Crippen LogP contribution in [0.5, 0.6) is 5.88 Å². The molecule has 0 aliphatic carbocycles. The van der Waals surface area contributed by atoms with Crippen molar-refractivity contribution >= 4 is 28.8 Å². The molecule has 1 amide bonds. The van der Waals surface area contributed by atoms with Gasteiger partial charge in [0.05, 0.1) is 36.0 Å². The van der Waals surface area contributed by atoms with Crippen LogP contribution in [0.1, 0.15) is 32.9 Å². The molecule has 10 nitrogen and oxygen atoms in total. The van der Waals surface area contributed by atoms with Crippen molar-refractivity contribution in [3.8, 4) is 17.1 Å². The van der Waals surface area contributed by atoms with Crippen molar-refractivity contribution in [2.24, 2.45) is 0 Å². The summed E-state index contributed by atoms with van der Waals surface area (Å²) < 4.78 is 32.1. The maximum Gasteiger partial charge on any atom is 0.411 e.